The quantitative estimate of drug-likeness (QED) is 0.607. The van der Waals surface area contributed by atoms with Gasteiger partial charge in [-0.05, 0) is 54.3 Å². The average Bonchev–Trinajstić information content (AvgIpc) is 3.10. The highest BCUT2D eigenvalue weighted by Crippen LogP contribution is 2.29. The van der Waals surface area contributed by atoms with E-state index in [1.54, 1.807) is 18.4 Å². The van der Waals surface area contributed by atoms with Crippen LogP contribution in [0.25, 0.3) is 22.1 Å². The summed E-state index contributed by atoms with van der Waals surface area (Å²) in [4.78, 5) is 0. The van der Waals surface area contributed by atoms with Crippen molar-refractivity contribution < 1.29 is 17.0 Å². The molecular formula is C20H20O4S. The highest BCUT2D eigenvalue weighted by atomic mass is 32.2. The second-order valence-electron chi connectivity index (χ2n) is 6.53. The smallest absolute Gasteiger partial charge is 0.312 e. The first-order valence-corrected chi connectivity index (χ1v) is 10.1. The standard InChI is InChI=1S/C20H20O4S/c21-25(22,19-4-2-1-3-5-19)24-18-9-6-15(7-10-18)16-8-11-20-17(14-16)12-13-23-20/h6-14,19H,1-5H2. The van der Waals surface area contributed by atoms with E-state index >= 15 is 0 Å². The molecule has 3 aromatic rings. The van der Waals surface area contributed by atoms with Crippen LogP contribution < -0.4 is 4.18 Å². The first-order valence-electron chi connectivity index (χ1n) is 8.63. The Kier molecular flexibility index (Phi) is 4.25. The van der Waals surface area contributed by atoms with E-state index in [-0.39, 0.29) is 5.25 Å². The van der Waals surface area contributed by atoms with Gasteiger partial charge in [0.1, 0.15) is 11.3 Å². The second-order valence-corrected chi connectivity index (χ2v) is 8.35. The molecule has 0 unspecified atom stereocenters. The van der Waals surface area contributed by atoms with Gasteiger partial charge in [0.2, 0.25) is 0 Å². The van der Waals surface area contributed by atoms with Crippen molar-refractivity contribution in [2.24, 2.45) is 0 Å². The summed E-state index contributed by atoms with van der Waals surface area (Å²) >= 11 is 0. The van der Waals surface area contributed by atoms with E-state index in [1.165, 1.54) is 0 Å². The second kappa shape index (κ2) is 6.56. The molecule has 4 nitrogen and oxygen atoms in total. The molecule has 1 aromatic heterocycles. The molecule has 0 radical (unpaired) electrons. The van der Waals surface area contributed by atoms with Crippen molar-refractivity contribution in [3.63, 3.8) is 0 Å². The Morgan fingerprint density at radius 3 is 2.36 bits per heavy atom. The van der Waals surface area contributed by atoms with Crippen LogP contribution in [0, 0.1) is 0 Å². The highest BCUT2D eigenvalue weighted by Gasteiger charge is 2.29. The van der Waals surface area contributed by atoms with E-state index in [1.807, 2.05) is 36.4 Å². The van der Waals surface area contributed by atoms with E-state index in [9.17, 15) is 8.42 Å². The molecule has 0 bridgehead atoms. The fourth-order valence-electron chi connectivity index (χ4n) is 3.41. The number of benzene rings is 2. The normalized spacial score (nSPS) is 16.2. The van der Waals surface area contributed by atoms with Gasteiger partial charge < -0.3 is 8.60 Å². The minimum atomic E-state index is -3.55. The summed E-state index contributed by atoms with van der Waals surface area (Å²) < 4.78 is 35.5. The molecule has 1 aliphatic rings. The van der Waals surface area contributed by atoms with Crippen molar-refractivity contribution in [1.82, 2.24) is 0 Å². The molecule has 0 N–H and O–H groups in total. The Morgan fingerprint density at radius 2 is 1.60 bits per heavy atom. The number of hydrogen-bond donors (Lipinski definition) is 0. The van der Waals surface area contributed by atoms with Gasteiger partial charge in [0, 0.05) is 5.39 Å². The zero-order valence-electron chi connectivity index (χ0n) is 13.9. The van der Waals surface area contributed by atoms with Gasteiger partial charge in [-0.25, -0.2) is 0 Å². The average molecular weight is 356 g/mol. The molecule has 0 saturated heterocycles. The van der Waals surface area contributed by atoms with Gasteiger partial charge in [0.05, 0.1) is 11.5 Å². The minimum absolute atomic E-state index is 0.371. The first-order chi connectivity index (χ1) is 12.1. The van der Waals surface area contributed by atoms with Crippen molar-refractivity contribution in [2.75, 3.05) is 0 Å². The monoisotopic (exact) mass is 356 g/mol. The number of furan rings is 1. The van der Waals surface area contributed by atoms with Gasteiger partial charge >= 0.3 is 10.1 Å². The van der Waals surface area contributed by atoms with Crippen LogP contribution in [0.15, 0.2) is 59.2 Å². The van der Waals surface area contributed by atoms with E-state index in [2.05, 4.69) is 0 Å². The lowest BCUT2D eigenvalue weighted by Crippen LogP contribution is -2.28. The summed E-state index contributed by atoms with van der Waals surface area (Å²) in [6.07, 6.45) is 6.10. The van der Waals surface area contributed by atoms with E-state index in [0.717, 1.165) is 41.4 Å². The van der Waals surface area contributed by atoms with Crippen molar-refractivity contribution in [3.05, 3.63) is 54.8 Å². The third-order valence-corrected chi connectivity index (χ3v) is 6.53. The van der Waals surface area contributed by atoms with Gasteiger partial charge in [-0.1, -0.05) is 37.5 Å². The van der Waals surface area contributed by atoms with Crippen LogP contribution in [-0.4, -0.2) is 13.7 Å². The Labute approximate surface area is 147 Å². The maximum atomic E-state index is 12.4. The number of hydrogen-bond acceptors (Lipinski definition) is 4. The molecule has 1 heterocycles. The van der Waals surface area contributed by atoms with Crippen molar-refractivity contribution in [1.29, 1.82) is 0 Å². The maximum absolute atomic E-state index is 12.4. The predicted octanol–water partition coefficient (Wildman–Crippen LogP) is 5.14. The minimum Gasteiger partial charge on any atom is -0.464 e. The van der Waals surface area contributed by atoms with Gasteiger partial charge in [-0.3, -0.25) is 0 Å². The zero-order valence-corrected chi connectivity index (χ0v) is 14.7. The zero-order chi connectivity index (χ0) is 17.3. The summed E-state index contributed by atoms with van der Waals surface area (Å²) in [7, 11) is -3.55. The summed E-state index contributed by atoms with van der Waals surface area (Å²) in [5.41, 5.74) is 2.91. The van der Waals surface area contributed by atoms with Crippen LogP contribution in [0.5, 0.6) is 5.75 Å². The topological polar surface area (TPSA) is 56.5 Å². The van der Waals surface area contributed by atoms with Crippen molar-refractivity contribution in [2.45, 2.75) is 37.4 Å². The lowest BCUT2D eigenvalue weighted by atomic mass is 10.0. The van der Waals surface area contributed by atoms with E-state index in [0.29, 0.717) is 18.6 Å². The SMILES string of the molecule is O=S(=O)(Oc1ccc(-c2ccc3occc3c2)cc1)C1CCCCC1. The lowest BCUT2D eigenvalue weighted by Gasteiger charge is -2.21. The van der Waals surface area contributed by atoms with Crippen molar-refractivity contribution in [3.8, 4) is 16.9 Å². The maximum Gasteiger partial charge on any atom is 0.312 e. The molecule has 130 valence electrons. The molecular weight excluding hydrogens is 336 g/mol. The van der Waals surface area contributed by atoms with Crippen LogP contribution >= 0.6 is 0 Å². The van der Waals surface area contributed by atoms with Crippen LogP contribution in [0.1, 0.15) is 32.1 Å². The van der Waals surface area contributed by atoms with Crippen LogP contribution in [0.4, 0.5) is 0 Å². The molecule has 1 saturated carbocycles. The van der Waals surface area contributed by atoms with Gasteiger partial charge in [-0.2, -0.15) is 8.42 Å². The highest BCUT2D eigenvalue weighted by molar-refractivity contribution is 7.87. The van der Waals surface area contributed by atoms with Crippen LogP contribution in [0.3, 0.4) is 0 Å². The third kappa shape index (κ3) is 3.42. The van der Waals surface area contributed by atoms with Crippen LogP contribution in [0.2, 0.25) is 0 Å². The van der Waals surface area contributed by atoms with Gasteiger partial charge in [0.25, 0.3) is 0 Å². The summed E-state index contributed by atoms with van der Waals surface area (Å²) in [6, 6.07) is 15.1. The fraction of sp³-hybridized carbons (Fsp3) is 0.300. The third-order valence-electron chi connectivity index (χ3n) is 4.81. The van der Waals surface area contributed by atoms with Crippen molar-refractivity contribution >= 4 is 21.1 Å². The summed E-state index contributed by atoms with van der Waals surface area (Å²) in [6.45, 7) is 0. The Hall–Kier alpha value is -2.27. The molecule has 0 aliphatic heterocycles. The molecule has 2 aromatic carbocycles. The van der Waals surface area contributed by atoms with Gasteiger partial charge in [-0.15, -0.1) is 0 Å². The molecule has 5 heteroatoms. The summed E-state index contributed by atoms with van der Waals surface area (Å²) in [5, 5.41) is 0.669. The molecule has 4 rings (SSSR count). The Morgan fingerprint density at radius 1 is 0.880 bits per heavy atom. The fourth-order valence-corrected chi connectivity index (χ4v) is 4.83. The first kappa shape index (κ1) is 16.2. The molecule has 0 amide bonds. The van der Waals surface area contributed by atoms with E-state index in [4.69, 9.17) is 8.60 Å². The molecule has 25 heavy (non-hydrogen) atoms. The van der Waals surface area contributed by atoms with Crippen LogP contribution in [-0.2, 0) is 10.1 Å². The predicted molar refractivity (Wildman–Crippen MR) is 98.1 cm³/mol. The largest absolute Gasteiger partial charge is 0.464 e. The molecule has 0 spiro atoms. The number of rotatable bonds is 4. The molecule has 0 atom stereocenters. The Balaban J connectivity index is 1.53. The van der Waals surface area contributed by atoms with Gasteiger partial charge in [0.15, 0.2) is 0 Å². The lowest BCUT2D eigenvalue weighted by molar-refractivity contribution is 0.429. The molecule has 1 aliphatic carbocycles. The number of fused-ring (bicyclic) bond motifs is 1. The summed E-state index contributed by atoms with van der Waals surface area (Å²) in [5.74, 6) is 0.374. The van der Waals surface area contributed by atoms with E-state index < -0.39 is 10.1 Å². The Bertz CT molecular complexity index is 964. The molecule has 1 fully saturated rings.